The number of nitrogens with zero attached hydrogens (tertiary/aromatic N) is 3. The zero-order chi connectivity index (χ0) is 19.5. The van der Waals surface area contributed by atoms with E-state index in [4.69, 9.17) is 4.99 Å². The van der Waals surface area contributed by atoms with Gasteiger partial charge in [0.25, 0.3) is 0 Å². The highest BCUT2D eigenvalue weighted by Gasteiger charge is 2.23. The molecule has 142 valence electrons. The molecular weight excluding hydrogens is 349 g/mol. The van der Waals surface area contributed by atoms with Crippen LogP contribution in [0.1, 0.15) is 17.5 Å². The third kappa shape index (κ3) is 3.69. The maximum absolute atomic E-state index is 13.9. The van der Waals surface area contributed by atoms with Crippen molar-refractivity contribution < 1.29 is 4.39 Å². The van der Waals surface area contributed by atoms with Gasteiger partial charge in [0, 0.05) is 17.7 Å². The second-order valence-corrected chi connectivity index (χ2v) is 7.29. The van der Waals surface area contributed by atoms with Gasteiger partial charge in [-0.05, 0) is 57.4 Å². The van der Waals surface area contributed by atoms with E-state index in [1.165, 1.54) is 6.07 Å². The van der Waals surface area contributed by atoms with E-state index in [1.54, 1.807) is 12.1 Å². The van der Waals surface area contributed by atoms with Gasteiger partial charge in [0.15, 0.2) is 0 Å². The number of halogens is 1. The number of rotatable bonds is 5. The molecule has 0 saturated heterocycles. The lowest BCUT2D eigenvalue weighted by Crippen LogP contribution is -2.24. The molecule has 0 aliphatic carbocycles. The first-order valence-electron chi connectivity index (χ1n) is 9.59. The molecule has 3 aromatic rings. The minimum Gasteiger partial charge on any atom is -0.339 e. The van der Waals surface area contributed by atoms with Gasteiger partial charge < -0.3 is 9.80 Å². The highest BCUT2D eigenvalue weighted by Crippen LogP contribution is 2.40. The maximum atomic E-state index is 13.9. The number of benzene rings is 3. The van der Waals surface area contributed by atoms with Crippen molar-refractivity contribution in [2.45, 2.75) is 6.42 Å². The van der Waals surface area contributed by atoms with Crippen molar-refractivity contribution in [2.24, 2.45) is 4.99 Å². The lowest BCUT2D eigenvalue weighted by Gasteiger charge is -2.27. The lowest BCUT2D eigenvalue weighted by molar-refractivity contribution is 0.402. The highest BCUT2D eigenvalue weighted by molar-refractivity contribution is 6.18. The van der Waals surface area contributed by atoms with E-state index in [2.05, 4.69) is 48.2 Å². The third-order valence-electron chi connectivity index (χ3n) is 4.94. The molecule has 0 bridgehead atoms. The van der Waals surface area contributed by atoms with Gasteiger partial charge in [0.1, 0.15) is 5.82 Å². The molecule has 1 heterocycles. The Morgan fingerprint density at radius 1 is 0.893 bits per heavy atom. The lowest BCUT2D eigenvalue weighted by atomic mass is 10.00. The zero-order valence-corrected chi connectivity index (χ0v) is 16.3. The highest BCUT2D eigenvalue weighted by atomic mass is 19.1. The Labute approximate surface area is 165 Å². The Hall–Kier alpha value is -2.98. The normalized spacial score (nSPS) is 13.0. The summed E-state index contributed by atoms with van der Waals surface area (Å²) >= 11 is 0. The minimum absolute atomic E-state index is 0.252. The molecule has 0 unspecified atom stereocenters. The molecule has 1 aliphatic rings. The second kappa shape index (κ2) is 7.95. The molecule has 0 saturated carbocycles. The molecule has 0 atom stereocenters. The van der Waals surface area contributed by atoms with Crippen molar-refractivity contribution in [3.05, 3.63) is 89.7 Å². The summed E-state index contributed by atoms with van der Waals surface area (Å²) in [5.74, 6) is -0.252. The molecule has 0 radical (unpaired) electrons. The van der Waals surface area contributed by atoms with E-state index in [9.17, 15) is 4.39 Å². The third-order valence-corrected chi connectivity index (χ3v) is 4.94. The summed E-state index contributed by atoms with van der Waals surface area (Å²) in [5.41, 5.74) is 5.71. The molecule has 0 spiro atoms. The number of fused-ring (bicyclic) bond motifs is 2. The van der Waals surface area contributed by atoms with Gasteiger partial charge in [-0.25, -0.2) is 9.38 Å². The van der Waals surface area contributed by atoms with E-state index in [0.717, 1.165) is 53.4 Å². The van der Waals surface area contributed by atoms with Gasteiger partial charge in [0.05, 0.1) is 22.8 Å². The predicted molar refractivity (Wildman–Crippen MR) is 115 cm³/mol. The minimum atomic E-state index is -0.252. The van der Waals surface area contributed by atoms with Crippen LogP contribution in [0.4, 0.5) is 21.5 Å². The molecule has 4 rings (SSSR count). The van der Waals surface area contributed by atoms with Gasteiger partial charge in [-0.15, -0.1) is 0 Å². The molecule has 1 aliphatic heterocycles. The van der Waals surface area contributed by atoms with E-state index in [1.807, 2.05) is 30.3 Å². The smallest absolute Gasteiger partial charge is 0.123 e. The van der Waals surface area contributed by atoms with Crippen LogP contribution >= 0.6 is 0 Å². The molecule has 3 nitrogen and oxygen atoms in total. The van der Waals surface area contributed by atoms with Crippen LogP contribution in [-0.2, 0) is 0 Å². The molecule has 4 heteroatoms. The van der Waals surface area contributed by atoms with Crippen molar-refractivity contribution in [3.8, 4) is 0 Å². The van der Waals surface area contributed by atoms with Gasteiger partial charge in [-0.3, -0.25) is 0 Å². The van der Waals surface area contributed by atoms with Gasteiger partial charge >= 0.3 is 0 Å². The molecule has 0 N–H and O–H groups in total. The molecule has 0 amide bonds. The Kier molecular flexibility index (Phi) is 5.22. The largest absolute Gasteiger partial charge is 0.339 e. The predicted octanol–water partition coefficient (Wildman–Crippen LogP) is 5.40. The first-order chi connectivity index (χ1) is 13.6. The summed E-state index contributed by atoms with van der Waals surface area (Å²) in [5, 5.41) is 0. The summed E-state index contributed by atoms with van der Waals surface area (Å²) in [4.78, 5) is 9.52. The summed E-state index contributed by atoms with van der Waals surface area (Å²) in [6.07, 6.45) is 1.03. The standard InChI is InChI=1S/C24H24FN3/c1-27(2)15-8-16-28-22-13-5-3-11-20(22)24(18-9-7-10-19(25)17-18)26-21-12-4-6-14-23(21)28/h3-7,9-14,17H,8,15-16H2,1-2H3. The topological polar surface area (TPSA) is 18.8 Å². The quantitative estimate of drug-likeness (QED) is 0.596. The number of hydrogen-bond acceptors (Lipinski definition) is 3. The summed E-state index contributed by atoms with van der Waals surface area (Å²) < 4.78 is 13.9. The van der Waals surface area contributed by atoms with Crippen molar-refractivity contribution >= 4 is 22.8 Å². The van der Waals surface area contributed by atoms with Crippen LogP contribution in [0.25, 0.3) is 0 Å². The fourth-order valence-corrected chi connectivity index (χ4v) is 3.65. The average Bonchev–Trinajstić information content (AvgIpc) is 2.83. The van der Waals surface area contributed by atoms with Crippen LogP contribution < -0.4 is 4.90 Å². The first kappa shape index (κ1) is 18.4. The van der Waals surface area contributed by atoms with Crippen LogP contribution in [0.15, 0.2) is 77.8 Å². The SMILES string of the molecule is CN(C)CCCN1c2ccccc2N=C(c2cccc(F)c2)c2ccccc21. The first-order valence-corrected chi connectivity index (χ1v) is 9.59. The summed E-state index contributed by atoms with van der Waals surface area (Å²) in [6.45, 7) is 1.90. The Morgan fingerprint density at radius 3 is 2.43 bits per heavy atom. The van der Waals surface area contributed by atoms with E-state index in [0.29, 0.717) is 0 Å². The second-order valence-electron chi connectivity index (χ2n) is 7.29. The number of hydrogen-bond donors (Lipinski definition) is 0. The maximum Gasteiger partial charge on any atom is 0.123 e. The zero-order valence-electron chi connectivity index (χ0n) is 16.3. The van der Waals surface area contributed by atoms with Gasteiger partial charge in [-0.1, -0.05) is 42.5 Å². The number of anilines is 2. The molecular formula is C24H24FN3. The van der Waals surface area contributed by atoms with Crippen LogP contribution in [-0.4, -0.2) is 37.8 Å². The van der Waals surface area contributed by atoms with E-state index in [-0.39, 0.29) is 5.82 Å². The Morgan fingerprint density at radius 2 is 1.64 bits per heavy atom. The molecule has 3 aromatic carbocycles. The van der Waals surface area contributed by atoms with Gasteiger partial charge in [0.2, 0.25) is 0 Å². The monoisotopic (exact) mass is 373 g/mol. The fourth-order valence-electron chi connectivity index (χ4n) is 3.65. The van der Waals surface area contributed by atoms with Crippen molar-refractivity contribution in [2.75, 3.05) is 32.1 Å². The summed E-state index contributed by atoms with van der Waals surface area (Å²) in [7, 11) is 4.19. The van der Waals surface area contributed by atoms with Crippen LogP contribution in [0.3, 0.4) is 0 Å². The van der Waals surface area contributed by atoms with Crippen molar-refractivity contribution in [3.63, 3.8) is 0 Å². The van der Waals surface area contributed by atoms with Crippen LogP contribution in [0, 0.1) is 5.82 Å². The molecule has 28 heavy (non-hydrogen) atoms. The van der Waals surface area contributed by atoms with E-state index >= 15 is 0 Å². The van der Waals surface area contributed by atoms with Crippen LogP contribution in [0.5, 0.6) is 0 Å². The van der Waals surface area contributed by atoms with E-state index < -0.39 is 0 Å². The Balaban J connectivity index is 1.87. The van der Waals surface area contributed by atoms with Crippen molar-refractivity contribution in [1.29, 1.82) is 0 Å². The van der Waals surface area contributed by atoms with Crippen LogP contribution in [0.2, 0.25) is 0 Å². The molecule has 0 fully saturated rings. The number of aliphatic imine (C=N–C) groups is 1. The number of para-hydroxylation sites is 3. The van der Waals surface area contributed by atoms with Gasteiger partial charge in [-0.2, -0.15) is 0 Å². The summed E-state index contributed by atoms with van der Waals surface area (Å²) in [6, 6.07) is 23.1. The van der Waals surface area contributed by atoms with Crippen molar-refractivity contribution in [1.82, 2.24) is 4.90 Å². The molecule has 0 aromatic heterocycles. The Bertz CT molecular complexity index is 1010. The fraction of sp³-hybridized carbons (Fsp3) is 0.208. The average molecular weight is 373 g/mol.